The van der Waals surface area contributed by atoms with Gasteiger partial charge in [-0.05, 0) is 30.5 Å². The van der Waals surface area contributed by atoms with Crippen molar-refractivity contribution in [2.24, 2.45) is 5.41 Å². The van der Waals surface area contributed by atoms with Crippen LogP contribution in [0.15, 0.2) is 18.2 Å². The molecular formula is C17H24FNO2. The Morgan fingerprint density at radius 2 is 2.10 bits per heavy atom. The highest BCUT2D eigenvalue weighted by Crippen LogP contribution is 2.38. The highest BCUT2D eigenvalue weighted by Gasteiger charge is 2.35. The van der Waals surface area contributed by atoms with Crippen molar-refractivity contribution in [1.29, 1.82) is 0 Å². The molecule has 1 aromatic rings. The Kier molecular flexibility index (Phi) is 4.45. The Labute approximate surface area is 125 Å². The van der Waals surface area contributed by atoms with E-state index in [1.807, 2.05) is 6.07 Å². The quantitative estimate of drug-likeness (QED) is 0.906. The Morgan fingerprint density at radius 1 is 1.29 bits per heavy atom. The van der Waals surface area contributed by atoms with E-state index in [1.54, 1.807) is 6.07 Å². The number of methoxy groups -OCH3 is 1. The molecular weight excluding hydrogens is 269 g/mol. The van der Waals surface area contributed by atoms with Gasteiger partial charge >= 0.3 is 0 Å². The molecule has 3 rings (SSSR count). The number of nitrogens with one attached hydrogen (secondary N) is 1. The Balaban J connectivity index is 1.71. The average molecular weight is 293 g/mol. The van der Waals surface area contributed by atoms with Gasteiger partial charge in [-0.1, -0.05) is 25.3 Å². The molecule has 21 heavy (non-hydrogen) atoms. The zero-order valence-corrected chi connectivity index (χ0v) is 12.7. The minimum Gasteiger partial charge on any atom is -0.494 e. The van der Waals surface area contributed by atoms with Crippen LogP contribution in [0.3, 0.4) is 0 Å². The summed E-state index contributed by atoms with van der Waals surface area (Å²) in [6, 6.07) is 5.10. The van der Waals surface area contributed by atoms with E-state index in [2.05, 4.69) is 5.32 Å². The summed E-state index contributed by atoms with van der Waals surface area (Å²) >= 11 is 0. The molecule has 0 bridgehead atoms. The van der Waals surface area contributed by atoms with Crippen molar-refractivity contribution in [3.05, 3.63) is 29.6 Å². The van der Waals surface area contributed by atoms with Crippen LogP contribution in [0, 0.1) is 11.2 Å². The molecule has 0 radical (unpaired) electrons. The summed E-state index contributed by atoms with van der Waals surface area (Å²) < 4.78 is 25.0. The third-order valence-electron chi connectivity index (χ3n) is 4.88. The third kappa shape index (κ3) is 3.22. The van der Waals surface area contributed by atoms with Crippen molar-refractivity contribution >= 4 is 0 Å². The van der Waals surface area contributed by atoms with E-state index in [0.717, 1.165) is 25.3 Å². The molecule has 2 fully saturated rings. The summed E-state index contributed by atoms with van der Waals surface area (Å²) in [5.74, 6) is -0.0423. The second-order valence-electron chi connectivity index (χ2n) is 6.39. The lowest BCUT2D eigenvalue weighted by Gasteiger charge is -2.35. The average Bonchev–Trinajstić information content (AvgIpc) is 2.71. The van der Waals surface area contributed by atoms with Crippen molar-refractivity contribution in [3.8, 4) is 5.75 Å². The summed E-state index contributed by atoms with van der Waals surface area (Å²) in [7, 11) is 1.48. The standard InChI is InChI=1S/C17H24FNO2/c1-20-15-6-5-13(9-14(15)18)16-10-19-11-17(12-21-16)7-3-2-4-8-17/h5-6,9,16,19H,2-4,7-8,10-12H2,1H3. The highest BCUT2D eigenvalue weighted by molar-refractivity contribution is 5.30. The molecule has 1 unspecified atom stereocenters. The van der Waals surface area contributed by atoms with E-state index >= 15 is 0 Å². The minimum absolute atomic E-state index is 0.0771. The van der Waals surface area contributed by atoms with Gasteiger partial charge in [-0.3, -0.25) is 0 Å². The van der Waals surface area contributed by atoms with E-state index in [0.29, 0.717) is 0 Å². The topological polar surface area (TPSA) is 30.5 Å². The normalized spacial score (nSPS) is 25.5. The number of halogens is 1. The van der Waals surface area contributed by atoms with E-state index in [9.17, 15) is 4.39 Å². The van der Waals surface area contributed by atoms with Crippen molar-refractivity contribution in [2.75, 3.05) is 26.8 Å². The molecule has 4 heteroatoms. The molecule has 1 N–H and O–H groups in total. The predicted molar refractivity (Wildman–Crippen MR) is 80.0 cm³/mol. The molecule has 1 spiro atoms. The van der Waals surface area contributed by atoms with Crippen LogP contribution in [0.25, 0.3) is 0 Å². The molecule has 0 amide bonds. The lowest BCUT2D eigenvalue weighted by Crippen LogP contribution is -2.37. The molecule has 1 saturated heterocycles. The van der Waals surface area contributed by atoms with Crippen LogP contribution < -0.4 is 10.1 Å². The molecule has 116 valence electrons. The maximum absolute atomic E-state index is 13.9. The second kappa shape index (κ2) is 6.32. The third-order valence-corrected chi connectivity index (χ3v) is 4.88. The van der Waals surface area contributed by atoms with Gasteiger partial charge in [-0.15, -0.1) is 0 Å². The van der Waals surface area contributed by atoms with Gasteiger partial charge in [-0.25, -0.2) is 4.39 Å². The number of hydrogen-bond acceptors (Lipinski definition) is 3. The first-order chi connectivity index (χ1) is 10.2. The molecule has 3 nitrogen and oxygen atoms in total. The Morgan fingerprint density at radius 3 is 2.81 bits per heavy atom. The zero-order chi connectivity index (χ0) is 14.7. The van der Waals surface area contributed by atoms with E-state index < -0.39 is 0 Å². The fourth-order valence-electron chi connectivity index (χ4n) is 3.58. The van der Waals surface area contributed by atoms with Gasteiger partial charge in [0, 0.05) is 18.5 Å². The second-order valence-corrected chi connectivity index (χ2v) is 6.39. The minimum atomic E-state index is -0.324. The van der Waals surface area contributed by atoms with Crippen molar-refractivity contribution in [1.82, 2.24) is 5.32 Å². The first-order valence-corrected chi connectivity index (χ1v) is 7.88. The van der Waals surface area contributed by atoms with Crippen LogP contribution in [0.1, 0.15) is 43.8 Å². The molecule has 2 aliphatic rings. The Bertz CT molecular complexity index is 486. The van der Waals surface area contributed by atoms with Crippen molar-refractivity contribution < 1.29 is 13.9 Å². The maximum atomic E-state index is 13.9. The van der Waals surface area contributed by atoms with Crippen LogP contribution in [-0.4, -0.2) is 26.8 Å². The monoisotopic (exact) mass is 293 g/mol. The van der Waals surface area contributed by atoms with Crippen molar-refractivity contribution in [3.63, 3.8) is 0 Å². The largest absolute Gasteiger partial charge is 0.494 e. The van der Waals surface area contributed by atoms with Crippen LogP contribution in [0.5, 0.6) is 5.75 Å². The Hall–Kier alpha value is -1.13. The van der Waals surface area contributed by atoms with Crippen LogP contribution in [0.4, 0.5) is 4.39 Å². The molecule has 1 aliphatic heterocycles. The van der Waals surface area contributed by atoms with Gasteiger partial charge < -0.3 is 14.8 Å². The number of rotatable bonds is 2. The SMILES string of the molecule is COc1ccc(C2CNCC3(CCCCC3)CO2)cc1F. The first kappa shape index (κ1) is 14.8. The van der Waals surface area contributed by atoms with Crippen molar-refractivity contribution in [2.45, 2.75) is 38.2 Å². The molecule has 1 atom stereocenters. The van der Waals surface area contributed by atoms with Gasteiger partial charge in [0.2, 0.25) is 0 Å². The lowest BCUT2D eigenvalue weighted by atomic mass is 9.74. The summed E-state index contributed by atoms with van der Waals surface area (Å²) in [5.41, 5.74) is 1.17. The first-order valence-electron chi connectivity index (χ1n) is 7.88. The van der Waals surface area contributed by atoms with Crippen LogP contribution in [0.2, 0.25) is 0 Å². The zero-order valence-electron chi connectivity index (χ0n) is 12.7. The number of hydrogen-bond donors (Lipinski definition) is 1. The van der Waals surface area contributed by atoms with E-state index in [-0.39, 0.29) is 23.1 Å². The summed E-state index contributed by atoms with van der Waals surface area (Å²) in [5, 5.41) is 3.53. The molecule has 1 aliphatic carbocycles. The fourth-order valence-corrected chi connectivity index (χ4v) is 3.58. The summed E-state index contributed by atoms with van der Waals surface area (Å²) in [6.07, 6.45) is 6.34. The fraction of sp³-hybridized carbons (Fsp3) is 0.647. The molecule has 1 heterocycles. The highest BCUT2D eigenvalue weighted by atomic mass is 19.1. The van der Waals surface area contributed by atoms with Gasteiger partial charge in [-0.2, -0.15) is 0 Å². The van der Waals surface area contributed by atoms with Gasteiger partial charge in [0.1, 0.15) is 0 Å². The summed E-state index contributed by atoms with van der Waals surface area (Å²) in [4.78, 5) is 0. The molecule has 0 aromatic heterocycles. The van der Waals surface area contributed by atoms with Gasteiger partial charge in [0.05, 0.1) is 19.8 Å². The predicted octanol–water partition coefficient (Wildman–Crippen LogP) is 3.45. The number of benzene rings is 1. The number of ether oxygens (including phenoxy) is 2. The molecule has 1 saturated carbocycles. The molecule has 1 aromatic carbocycles. The van der Waals surface area contributed by atoms with Crippen LogP contribution in [-0.2, 0) is 4.74 Å². The van der Waals surface area contributed by atoms with E-state index in [4.69, 9.17) is 9.47 Å². The van der Waals surface area contributed by atoms with E-state index in [1.165, 1.54) is 45.3 Å². The van der Waals surface area contributed by atoms with Crippen LogP contribution >= 0.6 is 0 Å². The van der Waals surface area contributed by atoms with Gasteiger partial charge in [0.25, 0.3) is 0 Å². The maximum Gasteiger partial charge on any atom is 0.165 e. The van der Waals surface area contributed by atoms with Gasteiger partial charge in [0.15, 0.2) is 11.6 Å². The lowest BCUT2D eigenvalue weighted by molar-refractivity contribution is -0.00153. The smallest absolute Gasteiger partial charge is 0.165 e. The summed E-state index contributed by atoms with van der Waals surface area (Å²) in [6.45, 7) is 2.54.